The molecule has 2 heterocycles. The number of hydrogen-bond acceptors (Lipinski definition) is 3. The smallest absolute Gasteiger partial charge is 0.244 e. The quantitative estimate of drug-likeness (QED) is 0.715. The maximum atomic E-state index is 12.1. The summed E-state index contributed by atoms with van der Waals surface area (Å²) in [6.07, 6.45) is 6.69. The molecule has 0 aliphatic heterocycles. The molecule has 3 aromatic rings. The second-order valence-electron chi connectivity index (χ2n) is 6.28. The minimum absolute atomic E-state index is 0.0875. The van der Waals surface area contributed by atoms with E-state index in [0.717, 1.165) is 28.2 Å². The summed E-state index contributed by atoms with van der Waals surface area (Å²) >= 11 is 0. The zero-order valence-electron chi connectivity index (χ0n) is 15.2. The summed E-state index contributed by atoms with van der Waals surface area (Å²) in [4.78, 5) is 16.1. The molecule has 5 nitrogen and oxygen atoms in total. The zero-order chi connectivity index (χ0) is 18.5. The second-order valence-corrected chi connectivity index (χ2v) is 6.28. The van der Waals surface area contributed by atoms with Crippen LogP contribution >= 0.6 is 0 Å². The average molecular weight is 346 g/mol. The van der Waals surface area contributed by atoms with Crippen molar-refractivity contribution in [2.24, 2.45) is 0 Å². The second kappa shape index (κ2) is 7.78. The third-order valence-electron chi connectivity index (χ3n) is 4.12. The molecular formula is C21H22N4O. The summed E-state index contributed by atoms with van der Waals surface area (Å²) in [6.45, 7) is 5.98. The van der Waals surface area contributed by atoms with Crippen LogP contribution in [-0.4, -0.2) is 20.7 Å². The van der Waals surface area contributed by atoms with Crippen LogP contribution in [0.5, 0.6) is 0 Å². The molecule has 0 spiro atoms. The molecule has 132 valence electrons. The average Bonchev–Trinajstić information content (AvgIpc) is 2.99. The summed E-state index contributed by atoms with van der Waals surface area (Å²) in [5.41, 5.74) is 5.03. The molecule has 1 N–H and O–H groups in total. The number of carbonyl (C=O) groups is 1. The summed E-state index contributed by atoms with van der Waals surface area (Å²) in [5, 5.41) is 7.46. The first kappa shape index (κ1) is 17.6. The number of hydrogen-bond donors (Lipinski definition) is 1. The van der Waals surface area contributed by atoms with E-state index < -0.39 is 0 Å². The van der Waals surface area contributed by atoms with Gasteiger partial charge in [-0.25, -0.2) is 4.68 Å². The van der Waals surface area contributed by atoms with Crippen LogP contribution < -0.4 is 5.32 Å². The summed E-state index contributed by atoms with van der Waals surface area (Å²) in [6, 6.07) is 13.8. The normalized spacial score (nSPS) is 12.3. The van der Waals surface area contributed by atoms with Gasteiger partial charge in [-0.05, 0) is 62.2 Å². The lowest BCUT2D eigenvalue weighted by molar-refractivity contribution is -0.117. The fourth-order valence-electron chi connectivity index (χ4n) is 2.79. The van der Waals surface area contributed by atoms with E-state index in [9.17, 15) is 4.79 Å². The first-order valence-corrected chi connectivity index (χ1v) is 8.55. The van der Waals surface area contributed by atoms with Gasteiger partial charge in [0.15, 0.2) is 0 Å². The van der Waals surface area contributed by atoms with Gasteiger partial charge in [-0.1, -0.05) is 18.2 Å². The Labute approximate surface area is 153 Å². The fourth-order valence-corrected chi connectivity index (χ4v) is 2.79. The number of nitrogens with one attached hydrogen (secondary N) is 1. The Morgan fingerprint density at radius 2 is 1.96 bits per heavy atom. The van der Waals surface area contributed by atoms with Gasteiger partial charge in [-0.3, -0.25) is 9.78 Å². The number of aromatic nitrogens is 3. The Kier molecular flexibility index (Phi) is 5.27. The molecule has 0 aliphatic rings. The van der Waals surface area contributed by atoms with Gasteiger partial charge in [0.2, 0.25) is 5.91 Å². The highest BCUT2D eigenvalue weighted by Gasteiger charge is 2.09. The summed E-state index contributed by atoms with van der Waals surface area (Å²) in [5.74, 6) is -0.135. The van der Waals surface area contributed by atoms with E-state index in [1.807, 2.05) is 67.9 Å². The summed E-state index contributed by atoms with van der Waals surface area (Å²) in [7, 11) is 0. The first-order valence-electron chi connectivity index (χ1n) is 8.55. The molecule has 0 aliphatic carbocycles. The van der Waals surface area contributed by atoms with Crippen molar-refractivity contribution in [3.63, 3.8) is 0 Å². The third kappa shape index (κ3) is 4.25. The van der Waals surface area contributed by atoms with E-state index in [4.69, 9.17) is 0 Å². The van der Waals surface area contributed by atoms with Gasteiger partial charge in [-0.15, -0.1) is 0 Å². The standard InChI is InChI=1S/C21H22N4O/c1-15-13-16(2)25(24-15)20-9-7-19(8-10-20)17(3)23-21(26)11-6-18-5-4-12-22-14-18/h4-14,17H,1-3H3,(H,23,26)/b11-6+/t17-/m1/s1. The van der Waals surface area contributed by atoms with Crippen molar-refractivity contribution in [1.82, 2.24) is 20.1 Å². The number of nitrogens with zero attached hydrogens (tertiary/aromatic N) is 3. The molecule has 0 fully saturated rings. The molecule has 26 heavy (non-hydrogen) atoms. The highest BCUT2D eigenvalue weighted by atomic mass is 16.1. The van der Waals surface area contributed by atoms with Crippen molar-refractivity contribution < 1.29 is 4.79 Å². The zero-order valence-corrected chi connectivity index (χ0v) is 15.2. The van der Waals surface area contributed by atoms with Gasteiger partial charge < -0.3 is 5.32 Å². The molecule has 5 heteroatoms. The lowest BCUT2D eigenvalue weighted by Crippen LogP contribution is -2.24. The van der Waals surface area contributed by atoms with E-state index >= 15 is 0 Å². The van der Waals surface area contributed by atoms with Crippen LogP contribution in [0.3, 0.4) is 0 Å². The van der Waals surface area contributed by atoms with Gasteiger partial charge in [0, 0.05) is 24.2 Å². The van der Waals surface area contributed by atoms with E-state index in [-0.39, 0.29) is 11.9 Å². The van der Waals surface area contributed by atoms with Crippen molar-refractivity contribution in [1.29, 1.82) is 0 Å². The van der Waals surface area contributed by atoms with E-state index in [2.05, 4.69) is 15.4 Å². The van der Waals surface area contributed by atoms with Gasteiger partial charge in [-0.2, -0.15) is 5.10 Å². The molecular weight excluding hydrogens is 324 g/mol. The summed E-state index contributed by atoms with van der Waals surface area (Å²) < 4.78 is 1.92. The molecule has 0 bridgehead atoms. The van der Waals surface area contributed by atoms with Crippen molar-refractivity contribution in [2.75, 3.05) is 0 Å². The predicted molar refractivity (Wildman–Crippen MR) is 103 cm³/mol. The SMILES string of the molecule is Cc1cc(C)n(-c2ccc([C@@H](C)NC(=O)/C=C/c3cccnc3)cc2)n1. The van der Waals surface area contributed by atoms with E-state index in [1.165, 1.54) is 6.08 Å². The lowest BCUT2D eigenvalue weighted by atomic mass is 10.1. The highest BCUT2D eigenvalue weighted by Crippen LogP contribution is 2.17. The highest BCUT2D eigenvalue weighted by molar-refractivity contribution is 5.91. The van der Waals surface area contributed by atoms with Crippen LogP contribution in [0.25, 0.3) is 11.8 Å². The number of aryl methyl sites for hydroxylation is 2. The van der Waals surface area contributed by atoms with Gasteiger partial charge in [0.25, 0.3) is 0 Å². The minimum Gasteiger partial charge on any atom is -0.346 e. The minimum atomic E-state index is -0.135. The van der Waals surface area contributed by atoms with Crippen molar-refractivity contribution in [2.45, 2.75) is 26.8 Å². The van der Waals surface area contributed by atoms with Crippen molar-refractivity contribution in [3.8, 4) is 5.69 Å². The molecule has 0 radical (unpaired) electrons. The maximum Gasteiger partial charge on any atom is 0.244 e. The van der Waals surface area contributed by atoms with Crippen LogP contribution in [-0.2, 0) is 4.79 Å². The number of amides is 1. The Hall–Kier alpha value is -3.21. The Balaban J connectivity index is 1.64. The largest absolute Gasteiger partial charge is 0.346 e. The van der Waals surface area contributed by atoms with Crippen molar-refractivity contribution >= 4 is 12.0 Å². The fraction of sp³-hybridized carbons (Fsp3) is 0.190. The molecule has 1 aromatic carbocycles. The third-order valence-corrected chi connectivity index (χ3v) is 4.12. The molecule has 0 saturated carbocycles. The maximum absolute atomic E-state index is 12.1. The Morgan fingerprint density at radius 1 is 1.19 bits per heavy atom. The van der Waals surface area contributed by atoms with Gasteiger partial charge in [0.05, 0.1) is 17.4 Å². The molecule has 1 atom stereocenters. The lowest BCUT2D eigenvalue weighted by Gasteiger charge is -2.14. The van der Waals surface area contributed by atoms with Crippen LogP contribution in [0, 0.1) is 13.8 Å². The molecule has 1 amide bonds. The van der Waals surface area contributed by atoms with Crippen LogP contribution in [0.15, 0.2) is 60.9 Å². The number of carbonyl (C=O) groups excluding carboxylic acids is 1. The first-order chi connectivity index (χ1) is 12.5. The van der Waals surface area contributed by atoms with Gasteiger partial charge in [0.1, 0.15) is 0 Å². The predicted octanol–water partition coefficient (Wildman–Crippen LogP) is 3.77. The van der Waals surface area contributed by atoms with Crippen LogP contribution in [0.1, 0.15) is 35.5 Å². The van der Waals surface area contributed by atoms with E-state index in [1.54, 1.807) is 18.5 Å². The van der Waals surface area contributed by atoms with Crippen molar-refractivity contribution in [3.05, 3.63) is 83.4 Å². The number of pyridine rings is 1. The molecule has 3 rings (SSSR count). The number of benzene rings is 1. The van der Waals surface area contributed by atoms with Crippen LogP contribution in [0.2, 0.25) is 0 Å². The molecule has 2 aromatic heterocycles. The van der Waals surface area contributed by atoms with E-state index in [0.29, 0.717) is 0 Å². The molecule has 0 saturated heterocycles. The van der Waals surface area contributed by atoms with Gasteiger partial charge >= 0.3 is 0 Å². The van der Waals surface area contributed by atoms with Crippen LogP contribution in [0.4, 0.5) is 0 Å². The molecule has 0 unspecified atom stereocenters. The topological polar surface area (TPSA) is 59.8 Å². The number of rotatable bonds is 5. The Bertz CT molecular complexity index is 911. The Morgan fingerprint density at radius 3 is 2.58 bits per heavy atom. The monoisotopic (exact) mass is 346 g/mol.